The van der Waals surface area contributed by atoms with Crippen LogP contribution in [0.5, 0.6) is 11.5 Å². The quantitative estimate of drug-likeness (QED) is 0.600. The van der Waals surface area contributed by atoms with Crippen LogP contribution in [-0.2, 0) is 16.0 Å². The van der Waals surface area contributed by atoms with Gasteiger partial charge in [-0.15, -0.1) is 0 Å². The van der Waals surface area contributed by atoms with Crippen LogP contribution in [0.2, 0.25) is 0 Å². The largest absolute Gasteiger partial charge is 0.493 e. The molecule has 1 aromatic rings. The summed E-state index contributed by atoms with van der Waals surface area (Å²) in [5.41, 5.74) is 2.03. The molecule has 0 heterocycles. The lowest BCUT2D eigenvalue weighted by Crippen LogP contribution is -2.48. The van der Waals surface area contributed by atoms with Gasteiger partial charge in [-0.05, 0) is 6.07 Å². The van der Waals surface area contributed by atoms with Crippen LogP contribution in [0.1, 0.15) is 5.56 Å². The minimum atomic E-state index is -5.18. The van der Waals surface area contributed by atoms with Crippen LogP contribution in [0.3, 0.4) is 0 Å². The fourth-order valence-corrected chi connectivity index (χ4v) is 1.64. The van der Waals surface area contributed by atoms with E-state index in [4.69, 9.17) is 9.47 Å². The molecule has 0 unspecified atom stereocenters. The van der Waals surface area contributed by atoms with Crippen molar-refractivity contribution in [3.63, 3.8) is 0 Å². The molecule has 0 saturated heterocycles. The maximum Gasteiger partial charge on any atom is 0.472 e. The molecular formula is C12H12F3N3O6. The van der Waals surface area contributed by atoms with Crippen molar-refractivity contribution in [2.45, 2.75) is 12.6 Å². The van der Waals surface area contributed by atoms with E-state index in [-0.39, 0.29) is 17.1 Å². The van der Waals surface area contributed by atoms with Crippen molar-refractivity contribution in [3.8, 4) is 11.5 Å². The molecule has 0 spiro atoms. The first-order valence-electron chi connectivity index (χ1n) is 6.15. The van der Waals surface area contributed by atoms with Gasteiger partial charge in [0.1, 0.15) is 0 Å². The lowest BCUT2D eigenvalue weighted by atomic mass is 10.1. The summed E-state index contributed by atoms with van der Waals surface area (Å²) < 4.78 is 45.8. The number of hydrazine groups is 1. The predicted molar refractivity (Wildman–Crippen MR) is 72.2 cm³/mol. The Balaban J connectivity index is 2.95. The van der Waals surface area contributed by atoms with Crippen molar-refractivity contribution in [2.75, 3.05) is 14.2 Å². The monoisotopic (exact) mass is 351 g/mol. The van der Waals surface area contributed by atoms with Crippen molar-refractivity contribution in [2.24, 2.45) is 0 Å². The minimum absolute atomic E-state index is 0.0405. The van der Waals surface area contributed by atoms with E-state index in [0.29, 0.717) is 0 Å². The lowest BCUT2D eigenvalue weighted by Gasteiger charge is -2.11. The SMILES string of the molecule is COc1cc(CC(=O)NNC(=O)C(F)(F)F)c([N+](=O)[O-])cc1OC. The number of nitro benzene ring substituents is 1. The van der Waals surface area contributed by atoms with Crippen LogP contribution in [0, 0.1) is 10.1 Å². The zero-order valence-electron chi connectivity index (χ0n) is 12.4. The second-order valence-electron chi connectivity index (χ2n) is 4.27. The topological polar surface area (TPSA) is 120 Å². The van der Waals surface area contributed by atoms with E-state index in [1.807, 2.05) is 0 Å². The Bertz CT molecular complexity index is 662. The van der Waals surface area contributed by atoms with Crippen molar-refractivity contribution in [3.05, 3.63) is 27.8 Å². The van der Waals surface area contributed by atoms with Gasteiger partial charge >= 0.3 is 12.1 Å². The van der Waals surface area contributed by atoms with E-state index in [9.17, 15) is 32.9 Å². The summed E-state index contributed by atoms with van der Waals surface area (Å²) in [5.74, 6) is -3.34. The molecule has 2 amide bonds. The van der Waals surface area contributed by atoms with Gasteiger partial charge in [-0.2, -0.15) is 13.2 Å². The second kappa shape index (κ2) is 7.48. The number of nitro groups is 1. The van der Waals surface area contributed by atoms with Crippen molar-refractivity contribution >= 4 is 17.5 Å². The van der Waals surface area contributed by atoms with Crippen LogP contribution >= 0.6 is 0 Å². The van der Waals surface area contributed by atoms with Crippen molar-refractivity contribution in [1.82, 2.24) is 10.9 Å². The summed E-state index contributed by atoms with van der Waals surface area (Å²) in [6.07, 6.45) is -5.85. The van der Waals surface area contributed by atoms with Crippen LogP contribution in [0.4, 0.5) is 18.9 Å². The molecule has 0 atom stereocenters. The molecule has 0 aliphatic heterocycles. The van der Waals surface area contributed by atoms with Gasteiger partial charge in [0.05, 0.1) is 31.6 Å². The molecule has 2 N–H and O–H groups in total. The molecule has 0 bridgehead atoms. The molecule has 0 fully saturated rings. The Morgan fingerprint density at radius 1 is 1.17 bits per heavy atom. The zero-order valence-corrected chi connectivity index (χ0v) is 12.4. The van der Waals surface area contributed by atoms with Crippen LogP contribution in [0.25, 0.3) is 0 Å². The fraction of sp³-hybridized carbons (Fsp3) is 0.333. The average Bonchev–Trinajstić information content (AvgIpc) is 2.50. The summed E-state index contributed by atoms with van der Waals surface area (Å²) in [6, 6.07) is 2.15. The number of rotatable bonds is 5. The summed E-state index contributed by atoms with van der Waals surface area (Å²) in [5, 5.41) is 11.0. The van der Waals surface area contributed by atoms with Gasteiger partial charge in [0.2, 0.25) is 5.91 Å². The number of amides is 2. The van der Waals surface area contributed by atoms with Gasteiger partial charge in [0.25, 0.3) is 5.69 Å². The number of carbonyl (C=O) groups excluding carboxylic acids is 2. The number of nitrogens with zero attached hydrogens (tertiary/aromatic N) is 1. The molecule has 12 heteroatoms. The third-order valence-electron chi connectivity index (χ3n) is 2.71. The predicted octanol–water partition coefficient (Wildman–Crippen LogP) is 0.864. The fourth-order valence-electron chi connectivity index (χ4n) is 1.64. The van der Waals surface area contributed by atoms with E-state index in [0.717, 1.165) is 17.6 Å². The van der Waals surface area contributed by atoms with Gasteiger partial charge in [0.15, 0.2) is 11.5 Å². The molecule has 0 saturated carbocycles. The number of hydrogen-bond donors (Lipinski definition) is 2. The van der Waals surface area contributed by atoms with Crippen LogP contribution in [0.15, 0.2) is 12.1 Å². The molecule has 24 heavy (non-hydrogen) atoms. The maximum atomic E-state index is 12.0. The third kappa shape index (κ3) is 4.72. The van der Waals surface area contributed by atoms with Crippen molar-refractivity contribution < 1.29 is 37.2 Å². The molecule has 0 radical (unpaired) electrons. The maximum absolute atomic E-state index is 12.0. The van der Waals surface area contributed by atoms with E-state index in [1.165, 1.54) is 19.6 Å². The molecule has 0 aromatic heterocycles. The second-order valence-corrected chi connectivity index (χ2v) is 4.27. The Kier molecular flexibility index (Phi) is 5.92. The Morgan fingerprint density at radius 2 is 1.71 bits per heavy atom. The first kappa shape index (κ1) is 19.0. The lowest BCUT2D eigenvalue weighted by molar-refractivity contribution is -0.385. The highest BCUT2D eigenvalue weighted by Gasteiger charge is 2.39. The zero-order chi connectivity index (χ0) is 18.5. The van der Waals surface area contributed by atoms with Crippen LogP contribution < -0.4 is 20.3 Å². The first-order valence-corrected chi connectivity index (χ1v) is 6.15. The van der Waals surface area contributed by atoms with Gasteiger partial charge < -0.3 is 9.47 Å². The summed E-state index contributed by atoms with van der Waals surface area (Å²) in [7, 11) is 2.51. The molecular weight excluding hydrogens is 339 g/mol. The van der Waals surface area contributed by atoms with Crippen LogP contribution in [-0.4, -0.2) is 37.1 Å². The van der Waals surface area contributed by atoms with Gasteiger partial charge in [-0.25, -0.2) is 0 Å². The molecule has 0 aliphatic carbocycles. The number of ether oxygens (including phenoxy) is 2. The van der Waals surface area contributed by atoms with E-state index < -0.39 is 35.0 Å². The summed E-state index contributed by atoms with van der Waals surface area (Å²) in [4.78, 5) is 32.4. The van der Waals surface area contributed by atoms with Gasteiger partial charge in [-0.3, -0.25) is 30.6 Å². The first-order chi connectivity index (χ1) is 11.1. The summed E-state index contributed by atoms with van der Waals surface area (Å²) >= 11 is 0. The molecule has 1 aromatic carbocycles. The van der Waals surface area contributed by atoms with E-state index in [2.05, 4.69) is 0 Å². The Labute approximate surface area is 132 Å². The molecule has 1 rings (SSSR count). The van der Waals surface area contributed by atoms with Gasteiger partial charge in [-0.1, -0.05) is 0 Å². The number of alkyl halides is 3. The Hall–Kier alpha value is -3.05. The van der Waals surface area contributed by atoms with Gasteiger partial charge in [0, 0.05) is 5.56 Å². The third-order valence-corrected chi connectivity index (χ3v) is 2.71. The molecule has 132 valence electrons. The summed E-state index contributed by atoms with van der Waals surface area (Å²) in [6.45, 7) is 0. The average molecular weight is 351 g/mol. The van der Waals surface area contributed by atoms with E-state index >= 15 is 0 Å². The number of benzene rings is 1. The smallest absolute Gasteiger partial charge is 0.472 e. The number of hydrogen-bond acceptors (Lipinski definition) is 6. The Morgan fingerprint density at radius 3 is 2.17 bits per heavy atom. The minimum Gasteiger partial charge on any atom is -0.493 e. The standard InChI is InChI=1S/C12H12F3N3O6/c1-23-8-3-6(7(18(21)22)5-9(8)24-2)4-10(19)16-17-11(20)12(13,14)15/h3,5H,4H2,1-2H3,(H,16,19)(H,17,20). The van der Waals surface area contributed by atoms with E-state index in [1.54, 1.807) is 0 Å². The highest BCUT2D eigenvalue weighted by molar-refractivity contribution is 5.86. The van der Waals surface area contributed by atoms with Crippen molar-refractivity contribution in [1.29, 1.82) is 0 Å². The highest BCUT2D eigenvalue weighted by atomic mass is 19.4. The number of halogens is 3. The number of methoxy groups -OCH3 is 2. The number of carbonyl (C=O) groups is 2. The highest BCUT2D eigenvalue weighted by Crippen LogP contribution is 2.34. The normalized spacial score (nSPS) is 10.7. The molecule has 0 aliphatic rings. The molecule has 9 nitrogen and oxygen atoms in total. The number of nitrogens with one attached hydrogen (secondary N) is 2.